The highest BCUT2D eigenvalue weighted by Crippen LogP contribution is 2.18. The number of nitrogens with zero attached hydrogens (tertiary/aromatic N) is 2. The van der Waals surface area contributed by atoms with Crippen LogP contribution in [0.2, 0.25) is 0 Å². The Kier molecular flexibility index (Phi) is 4.98. The van der Waals surface area contributed by atoms with Gasteiger partial charge in [0.05, 0.1) is 13.4 Å². The summed E-state index contributed by atoms with van der Waals surface area (Å²) in [6.45, 7) is 4.07. The molecule has 1 aromatic heterocycles. The zero-order chi connectivity index (χ0) is 13.5. The predicted octanol–water partition coefficient (Wildman–Crippen LogP) is 2.11. The van der Waals surface area contributed by atoms with Crippen LogP contribution in [-0.2, 0) is 13.0 Å². The molecule has 4 nitrogen and oxygen atoms in total. The first-order valence-electron chi connectivity index (χ1n) is 6.60. The molecule has 1 N–H and O–H groups in total. The van der Waals surface area contributed by atoms with Gasteiger partial charge in [-0.3, -0.25) is 0 Å². The molecule has 2 aromatic rings. The first kappa shape index (κ1) is 13.6. The summed E-state index contributed by atoms with van der Waals surface area (Å²) < 4.78 is 7.44. The number of hydrogen-bond donors (Lipinski definition) is 1. The molecule has 0 aliphatic carbocycles. The average molecular weight is 259 g/mol. The number of aromatic nitrogens is 2. The second kappa shape index (κ2) is 6.95. The van der Waals surface area contributed by atoms with E-state index in [0.29, 0.717) is 6.04 Å². The zero-order valence-electron chi connectivity index (χ0n) is 11.5. The van der Waals surface area contributed by atoms with Crippen molar-refractivity contribution in [1.29, 1.82) is 0 Å². The third-order valence-electron chi connectivity index (χ3n) is 3.14. The molecule has 0 fully saturated rings. The number of imidazole rings is 1. The molecule has 0 amide bonds. The quantitative estimate of drug-likeness (QED) is 0.827. The SMILES string of the molecule is COc1ccccc1CC(C)NCCn1ccnc1. The van der Waals surface area contributed by atoms with Crippen molar-refractivity contribution < 1.29 is 4.74 Å². The van der Waals surface area contributed by atoms with E-state index in [1.165, 1.54) is 5.56 Å². The maximum atomic E-state index is 5.37. The average Bonchev–Trinajstić information content (AvgIpc) is 2.92. The Balaban J connectivity index is 1.79. The van der Waals surface area contributed by atoms with Gasteiger partial charge >= 0.3 is 0 Å². The molecule has 0 radical (unpaired) electrons. The number of methoxy groups -OCH3 is 1. The van der Waals surface area contributed by atoms with Crippen LogP contribution in [-0.4, -0.2) is 29.2 Å². The molecule has 0 spiro atoms. The molecular formula is C15H21N3O. The van der Waals surface area contributed by atoms with Gasteiger partial charge in [-0.25, -0.2) is 4.98 Å². The summed E-state index contributed by atoms with van der Waals surface area (Å²) in [6.07, 6.45) is 6.59. The molecule has 4 heteroatoms. The zero-order valence-corrected chi connectivity index (χ0v) is 11.5. The lowest BCUT2D eigenvalue weighted by molar-refractivity contribution is 0.405. The smallest absolute Gasteiger partial charge is 0.122 e. The Morgan fingerprint density at radius 2 is 2.21 bits per heavy atom. The van der Waals surface area contributed by atoms with Gasteiger partial charge in [-0.05, 0) is 25.0 Å². The van der Waals surface area contributed by atoms with Gasteiger partial charge in [0.25, 0.3) is 0 Å². The number of para-hydroxylation sites is 1. The molecule has 1 unspecified atom stereocenters. The lowest BCUT2D eigenvalue weighted by atomic mass is 10.1. The fourth-order valence-electron chi connectivity index (χ4n) is 2.13. The van der Waals surface area contributed by atoms with Crippen LogP contribution in [0, 0.1) is 0 Å². The van der Waals surface area contributed by atoms with Crippen molar-refractivity contribution in [3.05, 3.63) is 48.5 Å². The summed E-state index contributed by atoms with van der Waals surface area (Å²) in [5.74, 6) is 0.964. The molecule has 1 aromatic carbocycles. The van der Waals surface area contributed by atoms with E-state index in [1.54, 1.807) is 13.3 Å². The minimum absolute atomic E-state index is 0.417. The molecule has 102 valence electrons. The Morgan fingerprint density at radius 3 is 2.95 bits per heavy atom. The van der Waals surface area contributed by atoms with Crippen LogP contribution in [0.5, 0.6) is 5.75 Å². The van der Waals surface area contributed by atoms with E-state index < -0.39 is 0 Å². The highest BCUT2D eigenvalue weighted by Gasteiger charge is 2.07. The van der Waals surface area contributed by atoms with Crippen LogP contribution >= 0.6 is 0 Å². The van der Waals surface area contributed by atoms with Crippen molar-refractivity contribution >= 4 is 0 Å². The summed E-state index contributed by atoms with van der Waals surface area (Å²) in [5, 5.41) is 3.52. The standard InChI is InChI=1S/C15H21N3O/c1-13(17-8-10-18-9-7-16-12-18)11-14-5-3-4-6-15(14)19-2/h3-7,9,12-13,17H,8,10-11H2,1-2H3. The Morgan fingerprint density at radius 1 is 1.37 bits per heavy atom. The lowest BCUT2D eigenvalue weighted by Gasteiger charge is -2.16. The van der Waals surface area contributed by atoms with E-state index in [-0.39, 0.29) is 0 Å². The van der Waals surface area contributed by atoms with Gasteiger partial charge in [0, 0.05) is 31.5 Å². The molecular weight excluding hydrogens is 238 g/mol. The molecule has 0 bridgehead atoms. The van der Waals surface area contributed by atoms with E-state index >= 15 is 0 Å². The van der Waals surface area contributed by atoms with Crippen LogP contribution in [0.1, 0.15) is 12.5 Å². The number of rotatable bonds is 7. The Hall–Kier alpha value is -1.81. The minimum atomic E-state index is 0.417. The van der Waals surface area contributed by atoms with E-state index in [9.17, 15) is 0 Å². The number of benzene rings is 1. The molecule has 0 saturated carbocycles. The lowest BCUT2D eigenvalue weighted by Crippen LogP contribution is -2.31. The first-order valence-corrected chi connectivity index (χ1v) is 6.60. The van der Waals surface area contributed by atoms with Crippen LogP contribution in [0.25, 0.3) is 0 Å². The molecule has 19 heavy (non-hydrogen) atoms. The Labute approximate surface area is 114 Å². The molecule has 0 aliphatic rings. The largest absolute Gasteiger partial charge is 0.496 e. The Bertz CT molecular complexity index is 482. The molecule has 0 saturated heterocycles. The number of nitrogens with one attached hydrogen (secondary N) is 1. The third-order valence-corrected chi connectivity index (χ3v) is 3.14. The van der Waals surface area contributed by atoms with E-state index in [1.807, 2.05) is 24.7 Å². The summed E-state index contributed by atoms with van der Waals surface area (Å²) in [7, 11) is 1.72. The van der Waals surface area contributed by atoms with Crippen LogP contribution in [0.3, 0.4) is 0 Å². The number of ether oxygens (including phenoxy) is 1. The van der Waals surface area contributed by atoms with Crippen LogP contribution in [0.4, 0.5) is 0 Å². The molecule has 2 rings (SSSR count). The van der Waals surface area contributed by atoms with Crippen LogP contribution < -0.4 is 10.1 Å². The van der Waals surface area contributed by atoms with E-state index in [4.69, 9.17) is 4.74 Å². The number of hydrogen-bond acceptors (Lipinski definition) is 3. The van der Waals surface area contributed by atoms with Gasteiger partial charge in [0.15, 0.2) is 0 Å². The van der Waals surface area contributed by atoms with Gasteiger partial charge in [0.2, 0.25) is 0 Å². The van der Waals surface area contributed by atoms with E-state index in [0.717, 1.165) is 25.3 Å². The van der Waals surface area contributed by atoms with Gasteiger partial charge in [0.1, 0.15) is 5.75 Å². The van der Waals surface area contributed by atoms with Crippen molar-refractivity contribution in [1.82, 2.24) is 14.9 Å². The fourth-order valence-corrected chi connectivity index (χ4v) is 2.13. The van der Waals surface area contributed by atoms with Gasteiger partial charge in [-0.1, -0.05) is 18.2 Å². The molecule has 1 atom stereocenters. The van der Waals surface area contributed by atoms with Crippen LogP contribution in [0.15, 0.2) is 43.0 Å². The predicted molar refractivity (Wildman–Crippen MR) is 76.4 cm³/mol. The summed E-state index contributed by atoms with van der Waals surface area (Å²) >= 11 is 0. The maximum absolute atomic E-state index is 5.37. The summed E-state index contributed by atoms with van der Waals surface area (Å²) in [6, 6.07) is 8.59. The van der Waals surface area contributed by atoms with Crippen molar-refractivity contribution in [2.45, 2.75) is 25.9 Å². The van der Waals surface area contributed by atoms with Gasteiger partial charge in [-0.2, -0.15) is 0 Å². The second-order valence-electron chi connectivity index (χ2n) is 4.67. The monoisotopic (exact) mass is 259 g/mol. The summed E-state index contributed by atoms with van der Waals surface area (Å²) in [5.41, 5.74) is 1.24. The van der Waals surface area contributed by atoms with Crippen molar-refractivity contribution in [3.63, 3.8) is 0 Å². The van der Waals surface area contributed by atoms with Gasteiger partial charge < -0.3 is 14.6 Å². The van der Waals surface area contributed by atoms with Crippen molar-refractivity contribution in [3.8, 4) is 5.75 Å². The maximum Gasteiger partial charge on any atom is 0.122 e. The van der Waals surface area contributed by atoms with E-state index in [2.05, 4.69) is 33.9 Å². The fraction of sp³-hybridized carbons (Fsp3) is 0.400. The topological polar surface area (TPSA) is 39.1 Å². The molecule has 0 aliphatic heterocycles. The van der Waals surface area contributed by atoms with Crippen molar-refractivity contribution in [2.24, 2.45) is 0 Å². The highest BCUT2D eigenvalue weighted by molar-refractivity contribution is 5.33. The minimum Gasteiger partial charge on any atom is -0.496 e. The highest BCUT2D eigenvalue weighted by atomic mass is 16.5. The van der Waals surface area contributed by atoms with Gasteiger partial charge in [-0.15, -0.1) is 0 Å². The summed E-state index contributed by atoms with van der Waals surface area (Å²) in [4.78, 5) is 4.03. The molecule has 1 heterocycles. The second-order valence-corrected chi connectivity index (χ2v) is 4.67. The third kappa shape index (κ3) is 4.10. The normalized spacial score (nSPS) is 12.3. The van der Waals surface area contributed by atoms with Crippen molar-refractivity contribution in [2.75, 3.05) is 13.7 Å². The first-order chi connectivity index (χ1) is 9.29.